The lowest BCUT2D eigenvalue weighted by molar-refractivity contribution is -0.136. The summed E-state index contributed by atoms with van der Waals surface area (Å²) in [6.45, 7) is 6.04. The van der Waals surface area contributed by atoms with Crippen LogP contribution in [0.1, 0.15) is 17.0 Å². The summed E-state index contributed by atoms with van der Waals surface area (Å²) in [7, 11) is 0. The van der Waals surface area contributed by atoms with Crippen LogP contribution in [0.5, 0.6) is 0 Å². The third-order valence-corrected chi connectivity index (χ3v) is 7.67. The number of rotatable bonds is 5. The van der Waals surface area contributed by atoms with E-state index in [0.29, 0.717) is 26.2 Å². The Morgan fingerprint density at radius 3 is 2.30 bits per heavy atom. The molecular formula is C28H27FN4O3S. The molecule has 0 unspecified atom stereocenters. The van der Waals surface area contributed by atoms with Crippen LogP contribution in [0, 0.1) is 19.7 Å². The van der Waals surface area contributed by atoms with Crippen LogP contribution in [0.4, 0.5) is 14.9 Å². The SMILES string of the molecule is Cc1cc(/C=C2/SC(=O)N(CC(=O)N3CCN(c4ccccc4)CC3)C2=O)c(C)n1-c1ccc(F)cc1. The molecule has 2 saturated heterocycles. The highest BCUT2D eigenvalue weighted by atomic mass is 32.2. The fourth-order valence-electron chi connectivity index (χ4n) is 4.79. The summed E-state index contributed by atoms with van der Waals surface area (Å²) in [5, 5.41) is -0.445. The van der Waals surface area contributed by atoms with E-state index in [2.05, 4.69) is 4.90 Å². The molecule has 2 aromatic carbocycles. The number of carbonyl (C=O) groups is 3. The molecule has 9 heteroatoms. The number of halogens is 1. The van der Waals surface area contributed by atoms with Gasteiger partial charge in [-0.05, 0) is 79.7 Å². The van der Waals surface area contributed by atoms with Crippen LogP contribution in [0.3, 0.4) is 0 Å². The minimum atomic E-state index is -0.460. The third kappa shape index (κ3) is 5.04. The van der Waals surface area contributed by atoms with Crippen molar-refractivity contribution >= 4 is 40.6 Å². The van der Waals surface area contributed by atoms with E-state index in [1.54, 1.807) is 23.1 Å². The number of carbonyl (C=O) groups excluding carboxylic acids is 3. The summed E-state index contributed by atoms with van der Waals surface area (Å²) in [6, 6.07) is 18.1. The van der Waals surface area contributed by atoms with E-state index in [4.69, 9.17) is 0 Å². The molecule has 5 rings (SSSR count). The first-order chi connectivity index (χ1) is 17.8. The molecule has 2 aliphatic heterocycles. The number of nitrogens with zero attached hydrogens (tertiary/aromatic N) is 4. The maximum absolute atomic E-state index is 13.4. The topological polar surface area (TPSA) is 65.9 Å². The van der Waals surface area contributed by atoms with Gasteiger partial charge >= 0.3 is 0 Å². The van der Waals surface area contributed by atoms with Crippen molar-refractivity contribution in [2.24, 2.45) is 0 Å². The summed E-state index contributed by atoms with van der Waals surface area (Å²) in [6.07, 6.45) is 1.69. The predicted molar refractivity (Wildman–Crippen MR) is 143 cm³/mol. The number of anilines is 1. The monoisotopic (exact) mass is 518 g/mol. The van der Waals surface area contributed by atoms with E-state index < -0.39 is 11.1 Å². The second-order valence-corrected chi connectivity index (χ2v) is 10.1. The number of aryl methyl sites for hydroxylation is 1. The van der Waals surface area contributed by atoms with Crippen LogP contribution in [-0.2, 0) is 9.59 Å². The molecule has 37 heavy (non-hydrogen) atoms. The van der Waals surface area contributed by atoms with Crippen molar-refractivity contribution < 1.29 is 18.8 Å². The Bertz CT molecular complexity index is 1380. The van der Waals surface area contributed by atoms with E-state index in [0.717, 1.165) is 45.0 Å². The average Bonchev–Trinajstić information content (AvgIpc) is 3.33. The van der Waals surface area contributed by atoms with Gasteiger partial charge in [0.15, 0.2) is 0 Å². The first-order valence-corrected chi connectivity index (χ1v) is 12.9. The standard InChI is InChI=1S/C28H27FN4O3S/c1-19-16-21(20(2)33(19)24-10-8-22(29)9-11-24)17-25-27(35)32(28(36)37-25)18-26(34)31-14-12-30(13-15-31)23-6-4-3-5-7-23/h3-11,16-17H,12-15,18H2,1-2H3/b25-17+. The smallest absolute Gasteiger partial charge is 0.294 e. The number of para-hydroxylation sites is 1. The minimum absolute atomic E-state index is 0.231. The number of amides is 3. The molecule has 7 nitrogen and oxygen atoms in total. The van der Waals surface area contributed by atoms with Gasteiger partial charge in [-0.2, -0.15) is 0 Å². The maximum Gasteiger partial charge on any atom is 0.294 e. The lowest BCUT2D eigenvalue weighted by Crippen LogP contribution is -2.51. The quantitative estimate of drug-likeness (QED) is 0.462. The van der Waals surface area contributed by atoms with Crippen LogP contribution in [0.25, 0.3) is 11.8 Å². The molecule has 3 aromatic rings. The first kappa shape index (κ1) is 24.8. The molecule has 0 N–H and O–H groups in total. The fraction of sp³-hybridized carbons (Fsp3) is 0.250. The molecular weight excluding hydrogens is 491 g/mol. The van der Waals surface area contributed by atoms with Crippen molar-refractivity contribution in [1.29, 1.82) is 0 Å². The number of aromatic nitrogens is 1. The molecule has 0 spiro atoms. The summed E-state index contributed by atoms with van der Waals surface area (Å²) in [4.78, 5) is 43.9. The van der Waals surface area contributed by atoms with Gasteiger partial charge in [0.05, 0.1) is 4.91 Å². The normalized spacial score (nSPS) is 17.3. The number of hydrogen-bond acceptors (Lipinski definition) is 5. The van der Waals surface area contributed by atoms with Crippen LogP contribution in [0.2, 0.25) is 0 Å². The summed E-state index contributed by atoms with van der Waals surface area (Å²) in [5.74, 6) is -1.00. The van der Waals surface area contributed by atoms with Crippen LogP contribution >= 0.6 is 11.8 Å². The van der Waals surface area contributed by atoms with E-state index in [-0.39, 0.29) is 23.2 Å². The fourth-order valence-corrected chi connectivity index (χ4v) is 5.62. The van der Waals surface area contributed by atoms with Crippen LogP contribution in [-0.4, -0.2) is 64.1 Å². The molecule has 3 amide bonds. The van der Waals surface area contributed by atoms with Crippen molar-refractivity contribution in [3.05, 3.63) is 88.3 Å². The Kier molecular flexibility index (Phi) is 6.88. The lowest BCUT2D eigenvalue weighted by Gasteiger charge is -2.36. The Balaban J connectivity index is 1.26. The summed E-state index contributed by atoms with van der Waals surface area (Å²) < 4.78 is 15.3. The molecule has 190 valence electrons. The molecule has 0 atom stereocenters. The van der Waals surface area contributed by atoms with Gasteiger partial charge in [0.1, 0.15) is 12.4 Å². The van der Waals surface area contributed by atoms with E-state index in [9.17, 15) is 18.8 Å². The molecule has 0 bridgehead atoms. The Morgan fingerprint density at radius 1 is 0.946 bits per heavy atom. The second kappa shape index (κ2) is 10.3. The van der Waals surface area contributed by atoms with E-state index in [1.807, 2.05) is 54.8 Å². The number of imide groups is 1. The summed E-state index contributed by atoms with van der Waals surface area (Å²) >= 11 is 0.845. The lowest BCUT2D eigenvalue weighted by atomic mass is 10.2. The highest BCUT2D eigenvalue weighted by Crippen LogP contribution is 2.34. The maximum atomic E-state index is 13.4. The predicted octanol–water partition coefficient (Wildman–Crippen LogP) is 4.62. The average molecular weight is 519 g/mol. The van der Waals surface area contributed by atoms with Gasteiger partial charge in [0.25, 0.3) is 11.1 Å². The van der Waals surface area contributed by atoms with Crippen molar-refractivity contribution in [1.82, 2.24) is 14.4 Å². The van der Waals surface area contributed by atoms with Crippen LogP contribution < -0.4 is 4.90 Å². The van der Waals surface area contributed by atoms with Gasteiger partial charge < -0.3 is 14.4 Å². The highest BCUT2D eigenvalue weighted by Gasteiger charge is 2.37. The number of piperazine rings is 1. The Morgan fingerprint density at radius 2 is 1.62 bits per heavy atom. The molecule has 2 aliphatic rings. The highest BCUT2D eigenvalue weighted by molar-refractivity contribution is 8.18. The van der Waals surface area contributed by atoms with Gasteiger partial charge in [0, 0.05) is 48.9 Å². The first-order valence-electron chi connectivity index (χ1n) is 12.1. The van der Waals surface area contributed by atoms with Crippen molar-refractivity contribution in [2.45, 2.75) is 13.8 Å². The van der Waals surface area contributed by atoms with Gasteiger partial charge in [-0.1, -0.05) is 18.2 Å². The van der Waals surface area contributed by atoms with Gasteiger partial charge in [-0.15, -0.1) is 0 Å². The Hall–Kier alpha value is -3.85. The van der Waals surface area contributed by atoms with E-state index in [1.165, 1.54) is 12.1 Å². The largest absolute Gasteiger partial charge is 0.368 e. The van der Waals surface area contributed by atoms with Gasteiger partial charge in [-0.3, -0.25) is 19.3 Å². The van der Waals surface area contributed by atoms with Crippen molar-refractivity contribution in [3.8, 4) is 5.69 Å². The van der Waals surface area contributed by atoms with Crippen molar-refractivity contribution in [3.63, 3.8) is 0 Å². The molecule has 1 aromatic heterocycles. The molecule has 0 aliphatic carbocycles. The summed E-state index contributed by atoms with van der Waals surface area (Å²) in [5.41, 5.74) is 4.49. The molecule has 2 fully saturated rings. The number of thioether (sulfide) groups is 1. The zero-order valence-electron chi connectivity index (χ0n) is 20.7. The third-order valence-electron chi connectivity index (χ3n) is 6.76. The molecule has 0 saturated carbocycles. The second-order valence-electron chi connectivity index (χ2n) is 9.11. The zero-order valence-corrected chi connectivity index (χ0v) is 21.5. The minimum Gasteiger partial charge on any atom is -0.368 e. The molecule has 0 radical (unpaired) electrons. The number of benzene rings is 2. The van der Waals surface area contributed by atoms with Gasteiger partial charge in [0.2, 0.25) is 5.91 Å². The van der Waals surface area contributed by atoms with Gasteiger partial charge in [-0.25, -0.2) is 4.39 Å². The van der Waals surface area contributed by atoms with E-state index >= 15 is 0 Å². The van der Waals surface area contributed by atoms with Crippen LogP contribution in [0.15, 0.2) is 65.6 Å². The zero-order chi connectivity index (χ0) is 26.1. The Labute approximate surface area is 219 Å². The van der Waals surface area contributed by atoms with Crippen molar-refractivity contribution in [2.75, 3.05) is 37.6 Å². The number of hydrogen-bond donors (Lipinski definition) is 0. The molecule has 3 heterocycles.